The molecule has 6 aromatic rings. The molecule has 0 aliphatic rings. The molecule has 0 saturated carbocycles. The summed E-state index contributed by atoms with van der Waals surface area (Å²) in [6, 6.07) is 64.0. The van der Waals surface area contributed by atoms with Crippen LogP contribution in [0.1, 0.15) is 12.8 Å². The van der Waals surface area contributed by atoms with Gasteiger partial charge in [0.2, 0.25) is 0 Å². The van der Waals surface area contributed by atoms with E-state index in [1.165, 1.54) is 31.8 Å². The molecule has 0 atom stereocenters. The third-order valence-corrected chi connectivity index (χ3v) is 11.4. The first-order valence-electron chi connectivity index (χ1n) is 16.3. The summed E-state index contributed by atoms with van der Waals surface area (Å²) < 4.78 is 0. The summed E-state index contributed by atoms with van der Waals surface area (Å²) in [5.74, 6) is -5.98. The van der Waals surface area contributed by atoms with Crippen molar-refractivity contribution in [3.05, 3.63) is 182 Å². The number of hydrogen-bond donors (Lipinski definition) is 1. The molecule has 0 spiro atoms. The lowest BCUT2D eigenvalue weighted by Crippen LogP contribution is -2.54. The standard InChI is InChI=1S/3C12H11P.C6H8O7/c3*1-3-7-11(8-4-1)13-12-9-5-2-6-10-12;7-3(8)1-6(13,5(11)12)2-4(9)10/h3*1-10,13H;13H,1-2H2,(H,7,8)(H,9,10)(H,11,12). The van der Waals surface area contributed by atoms with E-state index in [9.17, 15) is 29.7 Å². The first-order chi connectivity index (χ1) is 25.1. The van der Waals surface area contributed by atoms with Crippen LogP contribution in [0.2, 0.25) is 0 Å². The van der Waals surface area contributed by atoms with Crippen molar-refractivity contribution in [3.8, 4) is 0 Å². The zero-order valence-corrected chi connectivity index (χ0v) is 31.8. The highest BCUT2D eigenvalue weighted by molar-refractivity contribution is 7.56. The molecule has 1 N–H and O–H groups in total. The van der Waals surface area contributed by atoms with E-state index in [4.69, 9.17) is 5.11 Å². The van der Waals surface area contributed by atoms with Crippen molar-refractivity contribution in [2.75, 3.05) is 0 Å². The molecule has 0 aliphatic heterocycles. The minimum atomic E-state index is -2.97. The molecule has 0 fully saturated rings. The molecule has 52 heavy (non-hydrogen) atoms. The highest BCUT2D eigenvalue weighted by Crippen LogP contribution is 2.13. The van der Waals surface area contributed by atoms with E-state index >= 15 is 0 Å². The number of rotatable bonds is 11. The number of carbonyl (C=O) groups excluding carboxylic acids is 3. The average Bonchev–Trinajstić information content (AvgIpc) is 3.14. The van der Waals surface area contributed by atoms with Gasteiger partial charge in [-0.15, -0.1) is 0 Å². The van der Waals surface area contributed by atoms with Crippen LogP contribution in [0.4, 0.5) is 0 Å². The molecule has 0 aromatic heterocycles. The van der Waals surface area contributed by atoms with E-state index in [0.29, 0.717) is 0 Å². The van der Waals surface area contributed by atoms with Crippen LogP contribution in [0, 0.1) is 0 Å². The average molecular weight is 751 g/mol. The summed E-state index contributed by atoms with van der Waals surface area (Å²) in [4.78, 5) is 30.0. The van der Waals surface area contributed by atoms with Gasteiger partial charge in [0, 0.05) is 24.8 Å². The number of carbonyl (C=O) groups is 3. The monoisotopic (exact) mass is 750 g/mol. The van der Waals surface area contributed by atoms with Gasteiger partial charge in [-0.05, 0) is 72.8 Å². The van der Waals surface area contributed by atoms with Crippen LogP contribution < -0.4 is 47.1 Å². The van der Waals surface area contributed by atoms with Crippen LogP contribution in [0.15, 0.2) is 182 Å². The lowest BCUT2D eigenvalue weighted by molar-refractivity contribution is -0.339. The maximum absolute atomic E-state index is 10.1. The van der Waals surface area contributed by atoms with E-state index in [1.807, 2.05) is 0 Å². The van der Waals surface area contributed by atoms with Crippen LogP contribution in [-0.4, -0.2) is 28.6 Å². The van der Waals surface area contributed by atoms with Crippen molar-refractivity contribution in [2.45, 2.75) is 18.4 Å². The second kappa shape index (κ2) is 23.5. The summed E-state index contributed by atoms with van der Waals surface area (Å²) in [6.07, 6.45) is -2.72. The number of hydrogen-bond acceptors (Lipinski definition) is 7. The van der Waals surface area contributed by atoms with Crippen molar-refractivity contribution >= 4 is 75.5 Å². The van der Waals surface area contributed by atoms with Crippen molar-refractivity contribution in [3.63, 3.8) is 0 Å². The summed E-state index contributed by atoms with van der Waals surface area (Å²) in [5, 5.41) is 47.6. The van der Waals surface area contributed by atoms with Crippen LogP contribution >= 0.6 is 25.7 Å². The van der Waals surface area contributed by atoms with Crippen LogP contribution in [-0.2, 0) is 14.4 Å². The largest absolute Gasteiger partial charge is 0.550 e. The van der Waals surface area contributed by atoms with Gasteiger partial charge in [0.05, 0.1) is 63.5 Å². The molecule has 0 aliphatic carbocycles. The van der Waals surface area contributed by atoms with E-state index in [-0.39, 0.29) is 25.7 Å². The molecule has 0 heterocycles. The van der Waals surface area contributed by atoms with E-state index in [0.717, 1.165) is 0 Å². The first-order valence-corrected chi connectivity index (χ1v) is 19.8. The molecular weight excluding hydrogens is 709 g/mol. The van der Waals surface area contributed by atoms with Gasteiger partial charge >= 0.3 is 0 Å². The Labute approximate surface area is 309 Å². The lowest BCUT2D eigenvalue weighted by atomic mass is 9.96. The van der Waals surface area contributed by atoms with E-state index in [2.05, 4.69) is 182 Å². The van der Waals surface area contributed by atoms with Crippen molar-refractivity contribution < 1.29 is 34.8 Å². The van der Waals surface area contributed by atoms with Gasteiger partial charge in [-0.25, -0.2) is 0 Å². The van der Waals surface area contributed by atoms with Gasteiger partial charge in [-0.2, -0.15) is 0 Å². The zero-order chi connectivity index (χ0) is 37.4. The Hall–Kier alpha value is -5.02. The van der Waals surface area contributed by atoms with Gasteiger partial charge < -0.3 is 34.8 Å². The number of aliphatic carboxylic acids is 3. The van der Waals surface area contributed by atoms with E-state index < -0.39 is 36.4 Å². The van der Waals surface area contributed by atoms with Crippen molar-refractivity contribution in [1.82, 2.24) is 0 Å². The fourth-order valence-corrected chi connectivity index (χ4v) is 8.20. The maximum Gasteiger partial charge on any atom is 0.114 e. The minimum absolute atomic E-state index is 0.271. The third kappa shape index (κ3) is 17.3. The highest BCUT2D eigenvalue weighted by atomic mass is 31.1. The normalized spacial score (nSPS) is 10.1. The number of carboxylic acids is 3. The Morgan fingerprint density at radius 1 is 0.385 bits per heavy atom. The Morgan fingerprint density at radius 3 is 0.692 bits per heavy atom. The third-order valence-electron chi connectivity index (χ3n) is 7.05. The summed E-state index contributed by atoms with van der Waals surface area (Å²) >= 11 is 0. The molecule has 266 valence electrons. The first kappa shape index (κ1) is 41.4. The predicted octanol–water partition coefficient (Wildman–Crippen LogP) is 0.892. The second-order valence-electron chi connectivity index (χ2n) is 11.3. The smallest absolute Gasteiger partial charge is 0.114 e. The zero-order valence-electron chi connectivity index (χ0n) is 28.4. The minimum Gasteiger partial charge on any atom is -0.550 e. The van der Waals surface area contributed by atoms with Crippen LogP contribution in [0.25, 0.3) is 0 Å². The van der Waals surface area contributed by atoms with Gasteiger partial charge in [0.25, 0.3) is 0 Å². The molecule has 0 unspecified atom stereocenters. The van der Waals surface area contributed by atoms with Crippen molar-refractivity contribution in [1.29, 1.82) is 0 Å². The summed E-state index contributed by atoms with van der Waals surface area (Å²) in [7, 11) is 0.814. The van der Waals surface area contributed by atoms with Crippen LogP contribution in [0.3, 0.4) is 0 Å². The number of carboxylic acid groups (broad SMARTS) is 3. The number of benzene rings is 6. The molecule has 0 radical (unpaired) electrons. The maximum atomic E-state index is 10.1. The Bertz CT molecular complexity index is 1570. The van der Waals surface area contributed by atoms with Gasteiger partial charge in [-0.3, -0.25) is 0 Å². The molecule has 6 aromatic carbocycles. The van der Waals surface area contributed by atoms with Crippen molar-refractivity contribution in [2.24, 2.45) is 0 Å². The Kier molecular flexibility index (Phi) is 18.7. The highest BCUT2D eigenvalue weighted by Gasteiger charge is 2.29. The molecule has 10 heteroatoms. The molecule has 0 saturated heterocycles. The van der Waals surface area contributed by atoms with Gasteiger partial charge in [0.15, 0.2) is 0 Å². The second-order valence-corrected chi connectivity index (χ2v) is 16.2. The van der Waals surface area contributed by atoms with Crippen LogP contribution in [0.5, 0.6) is 0 Å². The fourth-order valence-electron chi connectivity index (χ4n) is 4.56. The molecule has 6 rings (SSSR count). The van der Waals surface area contributed by atoms with Gasteiger partial charge in [-0.1, -0.05) is 109 Å². The molecular formula is C42H41O7P3. The topological polar surface area (TPSA) is 141 Å². The molecule has 0 bridgehead atoms. The fraction of sp³-hybridized carbons (Fsp3) is 0.0714. The number of aliphatic hydroxyl groups is 1. The Balaban J connectivity index is 0.000000187. The lowest BCUT2D eigenvalue weighted by Gasteiger charge is -2.29. The Morgan fingerprint density at radius 2 is 0.558 bits per heavy atom. The van der Waals surface area contributed by atoms with Gasteiger partial charge in [0.1, 0.15) is 5.60 Å². The molecule has 7 nitrogen and oxygen atoms in total. The SMILES string of the molecule is O=C([O-])CC(O)(CC(=O)[O-])C(=O)[O-].c1ccc([PH2+]c2ccccc2)cc1.c1ccc([PH2+]c2ccccc2)cc1.c1ccc([PH2+]c2ccccc2)cc1. The molecule has 0 amide bonds. The summed E-state index contributed by atoms with van der Waals surface area (Å²) in [5.41, 5.74) is -2.97. The quantitative estimate of drug-likeness (QED) is 0.194. The predicted molar refractivity (Wildman–Crippen MR) is 215 cm³/mol. The summed E-state index contributed by atoms with van der Waals surface area (Å²) in [6.45, 7) is 0. The van der Waals surface area contributed by atoms with E-state index in [1.54, 1.807) is 0 Å².